The van der Waals surface area contributed by atoms with Crippen molar-refractivity contribution in [3.8, 4) is 0 Å². The summed E-state index contributed by atoms with van der Waals surface area (Å²) >= 11 is 2.04. The monoisotopic (exact) mass is 197 g/mol. The molecule has 2 rings (SSSR count). The van der Waals surface area contributed by atoms with Crippen molar-refractivity contribution in [2.24, 2.45) is 0 Å². The molecule has 72 valence electrons. The molecule has 0 radical (unpaired) electrons. The Kier molecular flexibility index (Phi) is 2.90. The molecule has 0 aliphatic carbocycles. The lowest BCUT2D eigenvalue weighted by atomic mass is 10.2. The van der Waals surface area contributed by atoms with Crippen molar-refractivity contribution >= 4 is 11.8 Å². The normalized spacial score (nSPS) is 22.4. The number of H-pyrrole nitrogens is 1. The van der Waals surface area contributed by atoms with Crippen LogP contribution in [0.3, 0.4) is 0 Å². The van der Waals surface area contributed by atoms with Crippen molar-refractivity contribution in [1.82, 2.24) is 15.5 Å². The van der Waals surface area contributed by atoms with Crippen LogP contribution < -0.4 is 5.32 Å². The first-order chi connectivity index (χ1) is 6.36. The van der Waals surface area contributed by atoms with E-state index in [1.165, 1.54) is 29.2 Å². The van der Waals surface area contributed by atoms with Crippen molar-refractivity contribution in [1.29, 1.82) is 0 Å². The van der Waals surface area contributed by atoms with E-state index in [0.29, 0.717) is 6.04 Å². The minimum Gasteiger partial charge on any atom is -0.308 e. The van der Waals surface area contributed by atoms with Crippen LogP contribution in [-0.2, 0) is 6.54 Å². The number of nitrogens with zero attached hydrogens (tertiary/aromatic N) is 1. The quantitative estimate of drug-likeness (QED) is 0.767. The zero-order valence-electron chi connectivity index (χ0n) is 7.84. The molecule has 2 heterocycles. The molecule has 2 N–H and O–H groups in total. The highest BCUT2D eigenvalue weighted by Crippen LogP contribution is 2.17. The Bertz CT molecular complexity index is 266. The molecule has 1 saturated heterocycles. The van der Waals surface area contributed by atoms with E-state index in [0.717, 1.165) is 6.54 Å². The molecule has 1 aromatic heterocycles. The van der Waals surface area contributed by atoms with Gasteiger partial charge in [0.25, 0.3) is 0 Å². The molecule has 4 heteroatoms. The molecule has 1 aliphatic rings. The lowest BCUT2D eigenvalue weighted by Gasteiger charge is -2.09. The summed E-state index contributed by atoms with van der Waals surface area (Å²) in [6, 6.07) is 0.702. The molecule has 0 aromatic carbocycles. The summed E-state index contributed by atoms with van der Waals surface area (Å²) in [6.45, 7) is 3.01. The molecule has 0 saturated carbocycles. The number of hydrogen-bond donors (Lipinski definition) is 2. The Morgan fingerprint density at radius 1 is 1.77 bits per heavy atom. The topological polar surface area (TPSA) is 40.7 Å². The third-order valence-corrected chi connectivity index (χ3v) is 3.59. The summed E-state index contributed by atoms with van der Waals surface area (Å²) < 4.78 is 0. The van der Waals surface area contributed by atoms with Crippen LogP contribution in [0.25, 0.3) is 0 Å². The van der Waals surface area contributed by atoms with Gasteiger partial charge in [0.15, 0.2) is 0 Å². The van der Waals surface area contributed by atoms with Gasteiger partial charge in [-0.05, 0) is 24.7 Å². The fourth-order valence-electron chi connectivity index (χ4n) is 1.49. The summed E-state index contributed by atoms with van der Waals surface area (Å²) in [5, 5.41) is 10.5. The number of aromatic amines is 1. The van der Waals surface area contributed by atoms with Crippen molar-refractivity contribution in [2.45, 2.75) is 25.9 Å². The van der Waals surface area contributed by atoms with Gasteiger partial charge in [0.2, 0.25) is 0 Å². The summed E-state index contributed by atoms with van der Waals surface area (Å²) in [7, 11) is 0. The first-order valence-electron chi connectivity index (χ1n) is 4.66. The average Bonchev–Trinajstić information content (AvgIpc) is 2.72. The fourth-order valence-corrected chi connectivity index (χ4v) is 2.68. The van der Waals surface area contributed by atoms with E-state index in [-0.39, 0.29) is 0 Å². The van der Waals surface area contributed by atoms with E-state index in [4.69, 9.17) is 0 Å². The average molecular weight is 197 g/mol. The minimum atomic E-state index is 0.702. The molecular weight excluding hydrogens is 182 g/mol. The van der Waals surface area contributed by atoms with Gasteiger partial charge < -0.3 is 5.32 Å². The van der Waals surface area contributed by atoms with Crippen molar-refractivity contribution < 1.29 is 0 Å². The molecule has 0 bridgehead atoms. The number of hydrogen-bond acceptors (Lipinski definition) is 3. The summed E-state index contributed by atoms with van der Waals surface area (Å²) in [5.74, 6) is 2.56. The Labute approximate surface area is 82.7 Å². The van der Waals surface area contributed by atoms with Crippen LogP contribution >= 0.6 is 11.8 Å². The highest BCUT2D eigenvalue weighted by Gasteiger charge is 2.14. The van der Waals surface area contributed by atoms with E-state index in [1.807, 2.05) is 18.0 Å². The summed E-state index contributed by atoms with van der Waals surface area (Å²) in [6.07, 6.45) is 3.18. The predicted molar refractivity (Wildman–Crippen MR) is 55.9 cm³/mol. The maximum absolute atomic E-state index is 4.00. The van der Waals surface area contributed by atoms with Crippen molar-refractivity contribution in [3.05, 3.63) is 17.5 Å². The lowest BCUT2D eigenvalue weighted by molar-refractivity contribution is 0.550. The Morgan fingerprint density at radius 3 is 3.31 bits per heavy atom. The van der Waals surface area contributed by atoms with E-state index >= 15 is 0 Å². The Morgan fingerprint density at radius 2 is 2.69 bits per heavy atom. The lowest BCUT2D eigenvalue weighted by Crippen LogP contribution is -2.28. The smallest absolute Gasteiger partial charge is 0.0519 e. The fraction of sp³-hybridized carbons (Fsp3) is 0.667. The van der Waals surface area contributed by atoms with E-state index in [1.54, 1.807) is 0 Å². The SMILES string of the molecule is Cc1cn[nH]c1CNC1CCSC1. The zero-order chi connectivity index (χ0) is 9.10. The molecule has 1 unspecified atom stereocenters. The van der Waals surface area contributed by atoms with Gasteiger partial charge in [-0.15, -0.1) is 0 Å². The second-order valence-corrected chi connectivity index (χ2v) is 4.62. The number of thioether (sulfide) groups is 1. The first-order valence-corrected chi connectivity index (χ1v) is 5.81. The third kappa shape index (κ3) is 2.25. The van der Waals surface area contributed by atoms with E-state index < -0.39 is 0 Å². The predicted octanol–water partition coefficient (Wildman–Crippen LogP) is 1.31. The number of aryl methyl sites for hydroxylation is 1. The zero-order valence-corrected chi connectivity index (χ0v) is 8.66. The molecular formula is C9H15N3S. The van der Waals surface area contributed by atoms with Gasteiger partial charge in [0, 0.05) is 18.3 Å². The van der Waals surface area contributed by atoms with Gasteiger partial charge in [-0.3, -0.25) is 5.10 Å². The van der Waals surface area contributed by atoms with E-state index in [9.17, 15) is 0 Å². The first kappa shape index (κ1) is 9.09. The van der Waals surface area contributed by atoms with Crippen LogP contribution in [0.4, 0.5) is 0 Å². The van der Waals surface area contributed by atoms with Gasteiger partial charge in [0.1, 0.15) is 0 Å². The van der Waals surface area contributed by atoms with Gasteiger partial charge in [-0.1, -0.05) is 0 Å². The van der Waals surface area contributed by atoms with Gasteiger partial charge in [-0.25, -0.2) is 0 Å². The molecule has 1 fully saturated rings. The molecule has 13 heavy (non-hydrogen) atoms. The Hall–Kier alpha value is -0.480. The maximum atomic E-state index is 4.00. The van der Waals surface area contributed by atoms with Crippen LogP contribution in [-0.4, -0.2) is 27.7 Å². The molecule has 1 atom stereocenters. The standard InChI is InChI=1S/C9H15N3S/c1-7-4-11-12-9(7)5-10-8-2-3-13-6-8/h4,8,10H,2-3,5-6H2,1H3,(H,11,12). The molecule has 0 amide bonds. The van der Waals surface area contributed by atoms with Crippen LogP contribution in [0.5, 0.6) is 0 Å². The highest BCUT2D eigenvalue weighted by molar-refractivity contribution is 7.99. The Balaban J connectivity index is 1.82. The summed E-state index contributed by atoms with van der Waals surface area (Å²) in [5.41, 5.74) is 2.47. The largest absolute Gasteiger partial charge is 0.308 e. The van der Waals surface area contributed by atoms with Crippen LogP contribution in [0, 0.1) is 6.92 Å². The van der Waals surface area contributed by atoms with Crippen LogP contribution in [0.2, 0.25) is 0 Å². The highest BCUT2D eigenvalue weighted by atomic mass is 32.2. The maximum Gasteiger partial charge on any atom is 0.0519 e. The second-order valence-electron chi connectivity index (χ2n) is 3.47. The van der Waals surface area contributed by atoms with Crippen LogP contribution in [0.15, 0.2) is 6.20 Å². The number of nitrogens with one attached hydrogen (secondary N) is 2. The van der Waals surface area contributed by atoms with Gasteiger partial charge in [-0.2, -0.15) is 16.9 Å². The van der Waals surface area contributed by atoms with Gasteiger partial charge in [0.05, 0.1) is 11.9 Å². The number of rotatable bonds is 3. The van der Waals surface area contributed by atoms with E-state index in [2.05, 4.69) is 22.4 Å². The number of aromatic nitrogens is 2. The van der Waals surface area contributed by atoms with Crippen molar-refractivity contribution in [3.63, 3.8) is 0 Å². The second kappa shape index (κ2) is 4.15. The minimum absolute atomic E-state index is 0.702. The molecule has 0 spiro atoms. The van der Waals surface area contributed by atoms with Crippen molar-refractivity contribution in [2.75, 3.05) is 11.5 Å². The van der Waals surface area contributed by atoms with Gasteiger partial charge >= 0.3 is 0 Å². The molecule has 1 aromatic rings. The van der Waals surface area contributed by atoms with Crippen LogP contribution in [0.1, 0.15) is 17.7 Å². The summed E-state index contributed by atoms with van der Waals surface area (Å²) in [4.78, 5) is 0. The molecule has 1 aliphatic heterocycles. The third-order valence-electron chi connectivity index (χ3n) is 2.43. The molecule has 3 nitrogen and oxygen atoms in total.